The zero-order chi connectivity index (χ0) is 13.2. The molecule has 5 nitrogen and oxygen atoms in total. The molecule has 0 aromatic heterocycles. The van der Waals surface area contributed by atoms with Crippen LogP contribution in [0.1, 0.15) is 32.1 Å². The van der Waals surface area contributed by atoms with E-state index in [1.165, 1.54) is 6.26 Å². The van der Waals surface area contributed by atoms with Crippen LogP contribution < -0.4 is 4.72 Å². The molecule has 0 aliphatic heterocycles. The second-order valence-electron chi connectivity index (χ2n) is 4.55. The third kappa shape index (κ3) is 3.53. The molecule has 17 heavy (non-hydrogen) atoms. The molecule has 0 saturated heterocycles. The van der Waals surface area contributed by atoms with Gasteiger partial charge in [-0.1, -0.05) is 25.8 Å². The summed E-state index contributed by atoms with van der Waals surface area (Å²) in [4.78, 5) is 0. The van der Waals surface area contributed by atoms with Gasteiger partial charge in [-0.05, 0) is 12.8 Å². The lowest BCUT2D eigenvalue weighted by atomic mass is 9.88. The van der Waals surface area contributed by atoms with Crippen LogP contribution in [-0.4, -0.2) is 34.4 Å². The van der Waals surface area contributed by atoms with Crippen LogP contribution in [0, 0.1) is 0 Å². The summed E-state index contributed by atoms with van der Waals surface area (Å²) in [5.74, 6) is 0. The number of sulfonamides is 1. The van der Waals surface area contributed by atoms with E-state index < -0.39 is 24.6 Å². The summed E-state index contributed by atoms with van der Waals surface area (Å²) >= 11 is 0. The Bertz CT molecular complexity index is 472. The molecule has 0 radical (unpaired) electrons. The smallest absolute Gasteiger partial charge is 0.228 e. The lowest BCUT2D eigenvalue weighted by molar-refractivity contribution is 0.372. The maximum absolute atomic E-state index is 11.9. The van der Waals surface area contributed by atoms with Gasteiger partial charge < -0.3 is 0 Å². The zero-order valence-electron chi connectivity index (χ0n) is 9.98. The highest BCUT2D eigenvalue weighted by atomic mass is 32.2. The third-order valence-electron chi connectivity index (χ3n) is 3.37. The Morgan fingerprint density at radius 2 is 1.71 bits per heavy atom. The normalized spacial score (nSPS) is 21.0. The van der Waals surface area contributed by atoms with Crippen LogP contribution in [0.5, 0.6) is 0 Å². The molecule has 1 N–H and O–H groups in total. The van der Waals surface area contributed by atoms with Crippen LogP contribution in [0.4, 0.5) is 0 Å². The van der Waals surface area contributed by atoms with Gasteiger partial charge in [0.2, 0.25) is 10.0 Å². The fourth-order valence-corrected chi connectivity index (χ4v) is 4.22. The van der Waals surface area contributed by atoms with Crippen molar-refractivity contribution in [3.63, 3.8) is 0 Å². The van der Waals surface area contributed by atoms with Crippen LogP contribution >= 0.6 is 0 Å². The van der Waals surface area contributed by atoms with E-state index in [0.717, 1.165) is 24.7 Å². The maximum atomic E-state index is 11.9. The Hall–Kier alpha value is -0.400. The molecule has 7 heteroatoms. The molecule has 1 aliphatic carbocycles. The number of sulfone groups is 1. The monoisotopic (exact) mass is 281 g/mol. The first-order chi connectivity index (χ1) is 7.72. The van der Waals surface area contributed by atoms with Crippen molar-refractivity contribution in [2.24, 2.45) is 0 Å². The molecule has 0 amide bonds. The largest absolute Gasteiger partial charge is 0.233 e. The number of hydrogen-bond acceptors (Lipinski definition) is 4. The second kappa shape index (κ2) is 5.07. The summed E-state index contributed by atoms with van der Waals surface area (Å²) in [6, 6.07) is 0. The van der Waals surface area contributed by atoms with Gasteiger partial charge >= 0.3 is 0 Å². The van der Waals surface area contributed by atoms with Gasteiger partial charge in [0.05, 0.1) is 4.75 Å². The van der Waals surface area contributed by atoms with E-state index in [1.807, 2.05) is 0 Å². The van der Waals surface area contributed by atoms with E-state index in [0.29, 0.717) is 12.8 Å². The van der Waals surface area contributed by atoms with Crippen LogP contribution in [0.2, 0.25) is 0 Å². The summed E-state index contributed by atoms with van der Waals surface area (Å²) in [5.41, 5.74) is 0. The molecule has 0 bridgehead atoms. The van der Waals surface area contributed by atoms with Crippen molar-refractivity contribution in [2.75, 3.05) is 12.8 Å². The van der Waals surface area contributed by atoms with Gasteiger partial charge in [0.1, 0.15) is 0 Å². The molecule has 0 heterocycles. The van der Waals surface area contributed by atoms with E-state index in [-0.39, 0.29) is 6.54 Å². The molecule has 1 aliphatic rings. The topological polar surface area (TPSA) is 80.3 Å². The molecule has 0 aromatic carbocycles. The standard InChI is InChI=1S/C10H19NO4S2/c1-3-17(14,15)11-9-10(16(2,12)13)7-5-4-6-8-10/h3,11H,1,4-9H2,2H3. The molecule has 0 atom stereocenters. The second-order valence-corrected chi connectivity index (χ2v) is 8.67. The van der Waals surface area contributed by atoms with Crippen LogP contribution in [0.3, 0.4) is 0 Å². The summed E-state index contributed by atoms with van der Waals surface area (Å²) in [6.45, 7) is 3.13. The Balaban J connectivity index is 2.90. The van der Waals surface area contributed by atoms with Crippen molar-refractivity contribution in [3.8, 4) is 0 Å². The molecule has 1 fully saturated rings. The fourth-order valence-electron chi connectivity index (χ4n) is 2.17. The predicted octanol–water partition coefficient (Wildman–Crippen LogP) is 0.797. The van der Waals surface area contributed by atoms with E-state index in [1.54, 1.807) is 0 Å². The summed E-state index contributed by atoms with van der Waals surface area (Å²) in [5, 5.41) is 0.797. The highest BCUT2D eigenvalue weighted by molar-refractivity contribution is 7.93. The quantitative estimate of drug-likeness (QED) is 0.808. The maximum Gasteiger partial charge on any atom is 0.233 e. The minimum atomic E-state index is -3.57. The lowest BCUT2D eigenvalue weighted by Crippen LogP contribution is -2.49. The average Bonchev–Trinajstić information content (AvgIpc) is 2.26. The fraction of sp³-hybridized carbons (Fsp3) is 0.800. The molecule has 1 saturated carbocycles. The minimum Gasteiger partial charge on any atom is -0.228 e. The van der Waals surface area contributed by atoms with Crippen molar-refractivity contribution in [2.45, 2.75) is 36.9 Å². The molecule has 100 valence electrons. The van der Waals surface area contributed by atoms with E-state index in [9.17, 15) is 16.8 Å². The van der Waals surface area contributed by atoms with Gasteiger partial charge in [0, 0.05) is 18.2 Å². The molecular weight excluding hydrogens is 262 g/mol. The van der Waals surface area contributed by atoms with E-state index in [2.05, 4.69) is 11.3 Å². The van der Waals surface area contributed by atoms with Gasteiger partial charge in [-0.25, -0.2) is 21.6 Å². The molecular formula is C10H19NO4S2. The number of nitrogens with one attached hydrogen (secondary N) is 1. The van der Waals surface area contributed by atoms with Crippen molar-refractivity contribution >= 4 is 19.9 Å². The van der Waals surface area contributed by atoms with Crippen LogP contribution in [0.25, 0.3) is 0 Å². The SMILES string of the molecule is C=CS(=O)(=O)NCC1(S(C)(=O)=O)CCCCC1. The molecule has 0 spiro atoms. The van der Waals surface area contributed by atoms with Gasteiger partial charge in [0.25, 0.3) is 0 Å². The first-order valence-corrected chi connectivity index (χ1v) is 8.98. The van der Waals surface area contributed by atoms with Crippen LogP contribution in [0.15, 0.2) is 12.0 Å². The van der Waals surface area contributed by atoms with Gasteiger partial charge in [-0.2, -0.15) is 0 Å². The molecule has 1 rings (SSSR count). The van der Waals surface area contributed by atoms with Gasteiger partial charge in [0.15, 0.2) is 9.84 Å². The first kappa shape index (κ1) is 14.7. The highest BCUT2D eigenvalue weighted by Gasteiger charge is 2.42. The Morgan fingerprint density at radius 1 is 1.18 bits per heavy atom. The lowest BCUT2D eigenvalue weighted by Gasteiger charge is -2.35. The third-order valence-corrected chi connectivity index (χ3v) is 6.48. The highest BCUT2D eigenvalue weighted by Crippen LogP contribution is 2.34. The zero-order valence-corrected chi connectivity index (χ0v) is 11.6. The molecule has 0 aromatic rings. The summed E-state index contributed by atoms with van der Waals surface area (Å²) < 4.78 is 47.6. The summed E-state index contributed by atoms with van der Waals surface area (Å²) in [6.07, 6.45) is 4.87. The van der Waals surface area contributed by atoms with Crippen LogP contribution in [-0.2, 0) is 19.9 Å². The number of rotatable bonds is 5. The van der Waals surface area contributed by atoms with Crippen molar-refractivity contribution < 1.29 is 16.8 Å². The van der Waals surface area contributed by atoms with Gasteiger partial charge in [-0.3, -0.25) is 0 Å². The van der Waals surface area contributed by atoms with Crippen molar-refractivity contribution in [1.29, 1.82) is 0 Å². The predicted molar refractivity (Wildman–Crippen MR) is 67.8 cm³/mol. The Labute approximate surface area is 103 Å². The van der Waals surface area contributed by atoms with Crippen molar-refractivity contribution in [1.82, 2.24) is 4.72 Å². The number of hydrogen-bond donors (Lipinski definition) is 1. The first-order valence-electron chi connectivity index (χ1n) is 5.54. The van der Waals surface area contributed by atoms with Gasteiger partial charge in [-0.15, -0.1) is 0 Å². The average molecular weight is 281 g/mol. The minimum absolute atomic E-state index is 0.0554. The Morgan fingerprint density at radius 3 is 2.12 bits per heavy atom. The summed E-state index contributed by atoms with van der Waals surface area (Å²) in [7, 11) is -6.85. The van der Waals surface area contributed by atoms with E-state index in [4.69, 9.17) is 0 Å². The van der Waals surface area contributed by atoms with Crippen molar-refractivity contribution in [3.05, 3.63) is 12.0 Å². The molecule has 0 unspecified atom stereocenters. The van der Waals surface area contributed by atoms with E-state index >= 15 is 0 Å². The Kier molecular flexibility index (Phi) is 4.38.